The van der Waals surface area contributed by atoms with Crippen molar-refractivity contribution in [2.75, 3.05) is 6.54 Å². The number of nitrogens with zero attached hydrogens (tertiary/aromatic N) is 2. The summed E-state index contributed by atoms with van der Waals surface area (Å²) in [6.45, 7) is 0.450. The topological polar surface area (TPSA) is 44.7 Å². The van der Waals surface area contributed by atoms with E-state index >= 15 is 0 Å². The number of hydrogen-bond donors (Lipinski definition) is 1. The van der Waals surface area contributed by atoms with Gasteiger partial charge in [-0.3, -0.25) is 4.79 Å². The molecule has 0 radical (unpaired) electrons. The van der Waals surface area contributed by atoms with E-state index in [1.165, 1.54) is 0 Å². The number of carbonyl (C=O) groups is 1. The maximum Gasteiger partial charge on any atom is 0.151 e. The third kappa shape index (κ3) is 0.734. The number of Topliss-reactive ketones (excluding diaryl/α,β-unsaturated/α-hetero) is 1. The lowest BCUT2D eigenvalue weighted by molar-refractivity contribution is -0.117. The molecule has 1 saturated heterocycles. The van der Waals surface area contributed by atoms with Gasteiger partial charge in [-0.25, -0.2) is 5.53 Å². The van der Waals surface area contributed by atoms with Crippen molar-refractivity contribution in [2.24, 2.45) is 5.10 Å². The zero-order valence-corrected chi connectivity index (χ0v) is 7.03. The van der Waals surface area contributed by atoms with Crippen LogP contribution in [0.5, 0.6) is 0 Å². The van der Waals surface area contributed by atoms with Gasteiger partial charge >= 0.3 is 0 Å². The molecule has 0 aromatic heterocycles. The highest BCUT2D eigenvalue weighted by atomic mass is 16.1. The molecule has 1 unspecified atom stereocenters. The van der Waals surface area contributed by atoms with E-state index in [0.29, 0.717) is 13.0 Å². The van der Waals surface area contributed by atoms with Crippen LogP contribution in [0.25, 0.3) is 0 Å². The van der Waals surface area contributed by atoms with Crippen molar-refractivity contribution in [3.63, 3.8) is 0 Å². The van der Waals surface area contributed by atoms with Gasteiger partial charge in [-0.15, -0.1) is 0 Å². The van der Waals surface area contributed by atoms with E-state index in [1.807, 2.05) is 29.3 Å². The molecule has 13 heavy (non-hydrogen) atoms. The molecule has 0 amide bonds. The highest BCUT2D eigenvalue weighted by Crippen LogP contribution is 2.34. The van der Waals surface area contributed by atoms with E-state index in [9.17, 15) is 4.79 Å². The summed E-state index contributed by atoms with van der Waals surface area (Å²) < 4.78 is 0. The van der Waals surface area contributed by atoms with Gasteiger partial charge < -0.3 is 0 Å². The number of hydrogen-bond acceptors (Lipinski definition) is 4. The fourth-order valence-corrected chi connectivity index (χ4v) is 2.11. The van der Waals surface area contributed by atoms with Crippen molar-refractivity contribution >= 4 is 11.5 Å². The first kappa shape index (κ1) is 7.03. The summed E-state index contributed by atoms with van der Waals surface area (Å²) in [7, 11) is 0. The third-order valence-electron chi connectivity index (χ3n) is 2.75. The molecule has 2 heterocycles. The molecule has 0 aromatic rings. The highest BCUT2D eigenvalue weighted by Gasteiger charge is 2.50. The minimum absolute atomic E-state index is 0.264. The zero-order valence-electron chi connectivity index (χ0n) is 7.03. The SMILES string of the molecule is O=C1CN2NN=C3C=CC=CC32C1. The number of rotatable bonds is 0. The normalized spacial score (nSPS) is 35.7. The Labute approximate surface area is 75.6 Å². The minimum atomic E-state index is -0.272. The second-order valence-corrected chi connectivity index (χ2v) is 3.54. The van der Waals surface area contributed by atoms with Crippen LogP contribution in [-0.4, -0.2) is 28.6 Å². The fourth-order valence-electron chi connectivity index (χ4n) is 2.11. The van der Waals surface area contributed by atoms with Crippen molar-refractivity contribution < 1.29 is 4.79 Å². The number of ketones is 1. The minimum Gasteiger partial charge on any atom is -0.298 e. The Morgan fingerprint density at radius 2 is 2.46 bits per heavy atom. The van der Waals surface area contributed by atoms with E-state index in [2.05, 4.69) is 10.6 Å². The molecule has 0 aromatic carbocycles. The highest BCUT2D eigenvalue weighted by molar-refractivity contribution is 6.10. The third-order valence-corrected chi connectivity index (χ3v) is 2.75. The lowest BCUT2D eigenvalue weighted by atomic mass is 9.87. The summed E-state index contributed by atoms with van der Waals surface area (Å²) in [5, 5.41) is 6.06. The Kier molecular flexibility index (Phi) is 1.13. The molecule has 66 valence electrons. The summed E-state index contributed by atoms with van der Waals surface area (Å²) in [5.41, 5.74) is 3.55. The van der Waals surface area contributed by atoms with Gasteiger partial charge in [-0.1, -0.05) is 18.2 Å². The first-order valence-electron chi connectivity index (χ1n) is 4.30. The number of nitrogens with one attached hydrogen (secondary N) is 1. The number of hydrazine groups is 1. The van der Waals surface area contributed by atoms with Crippen LogP contribution in [-0.2, 0) is 4.79 Å². The van der Waals surface area contributed by atoms with E-state index in [0.717, 1.165) is 5.71 Å². The van der Waals surface area contributed by atoms with Crippen LogP contribution in [0, 0.1) is 0 Å². The second kappa shape index (κ2) is 2.09. The van der Waals surface area contributed by atoms with Gasteiger partial charge in [-0.2, -0.15) is 10.1 Å². The Morgan fingerprint density at radius 1 is 1.54 bits per heavy atom. The first-order chi connectivity index (χ1) is 6.31. The average Bonchev–Trinajstić information content (AvgIpc) is 2.57. The molecule has 1 spiro atoms. The van der Waals surface area contributed by atoms with Gasteiger partial charge in [0.05, 0.1) is 12.3 Å². The number of carbonyl (C=O) groups excluding carboxylic acids is 1. The van der Waals surface area contributed by atoms with Crippen molar-refractivity contribution in [1.29, 1.82) is 0 Å². The fraction of sp³-hybridized carbons (Fsp3) is 0.333. The lowest BCUT2D eigenvalue weighted by Gasteiger charge is -2.27. The van der Waals surface area contributed by atoms with Crippen LogP contribution in [0.3, 0.4) is 0 Å². The summed E-state index contributed by atoms with van der Waals surface area (Å²) in [4.78, 5) is 11.3. The van der Waals surface area contributed by atoms with Crippen LogP contribution >= 0.6 is 0 Å². The molecule has 0 bridgehead atoms. The summed E-state index contributed by atoms with van der Waals surface area (Å²) in [6, 6.07) is 0. The molecule has 1 N–H and O–H groups in total. The summed E-state index contributed by atoms with van der Waals surface area (Å²) in [6.07, 6.45) is 8.44. The molecule has 1 atom stereocenters. The van der Waals surface area contributed by atoms with Crippen LogP contribution in [0.1, 0.15) is 6.42 Å². The molecule has 1 fully saturated rings. The van der Waals surface area contributed by atoms with Crippen molar-refractivity contribution in [3.8, 4) is 0 Å². The quantitative estimate of drug-likeness (QED) is 0.563. The second-order valence-electron chi connectivity index (χ2n) is 3.54. The van der Waals surface area contributed by atoms with E-state index in [4.69, 9.17) is 0 Å². The van der Waals surface area contributed by atoms with Crippen LogP contribution in [0.2, 0.25) is 0 Å². The smallest absolute Gasteiger partial charge is 0.151 e. The Balaban J connectivity index is 2.12. The predicted molar refractivity (Wildman–Crippen MR) is 47.9 cm³/mol. The Morgan fingerprint density at radius 3 is 3.38 bits per heavy atom. The molecule has 3 rings (SSSR count). The number of allylic oxidation sites excluding steroid dienone is 2. The molecule has 4 heteroatoms. The molecule has 2 aliphatic heterocycles. The lowest BCUT2D eigenvalue weighted by Crippen LogP contribution is -2.47. The largest absolute Gasteiger partial charge is 0.298 e. The molecular formula is C9H9N3O. The first-order valence-corrected chi connectivity index (χ1v) is 4.30. The van der Waals surface area contributed by atoms with Gasteiger partial charge in [0.2, 0.25) is 0 Å². The number of hydrazone groups is 1. The Hall–Kier alpha value is -1.42. The molecule has 1 aliphatic carbocycles. The van der Waals surface area contributed by atoms with Gasteiger partial charge in [-0.05, 0) is 6.08 Å². The van der Waals surface area contributed by atoms with E-state index in [-0.39, 0.29) is 11.3 Å². The predicted octanol–water partition coefficient (Wildman–Crippen LogP) is 0.000200. The molecule has 0 saturated carbocycles. The average molecular weight is 175 g/mol. The summed E-state index contributed by atoms with van der Waals surface area (Å²) >= 11 is 0. The van der Waals surface area contributed by atoms with Crippen LogP contribution < -0.4 is 5.53 Å². The van der Waals surface area contributed by atoms with Gasteiger partial charge in [0.25, 0.3) is 0 Å². The van der Waals surface area contributed by atoms with E-state index < -0.39 is 0 Å². The molecular weight excluding hydrogens is 166 g/mol. The van der Waals surface area contributed by atoms with Crippen molar-refractivity contribution in [3.05, 3.63) is 24.3 Å². The van der Waals surface area contributed by atoms with E-state index in [1.54, 1.807) is 0 Å². The standard InChI is InChI=1S/C9H9N3O/c13-7-5-9-4-2-1-3-8(9)10-11-12(9)6-7/h1-4,11H,5-6H2. The van der Waals surface area contributed by atoms with Gasteiger partial charge in [0.1, 0.15) is 5.54 Å². The maximum atomic E-state index is 11.3. The monoisotopic (exact) mass is 175 g/mol. The van der Waals surface area contributed by atoms with Crippen LogP contribution in [0.4, 0.5) is 0 Å². The van der Waals surface area contributed by atoms with Gasteiger partial charge in [0.15, 0.2) is 5.78 Å². The van der Waals surface area contributed by atoms with Crippen molar-refractivity contribution in [2.45, 2.75) is 12.0 Å². The maximum absolute atomic E-state index is 11.3. The van der Waals surface area contributed by atoms with Crippen molar-refractivity contribution in [1.82, 2.24) is 10.5 Å². The molecule has 4 nitrogen and oxygen atoms in total. The zero-order chi connectivity index (χ0) is 8.89. The Bertz CT molecular complexity index is 369. The van der Waals surface area contributed by atoms with Gasteiger partial charge in [0, 0.05) is 6.42 Å². The van der Waals surface area contributed by atoms with Crippen LogP contribution in [0.15, 0.2) is 29.4 Å². The summed E-state index contributed by atoms with van der Waals surface area (Å²) in [5.74, 6) is 0.264. The molecule has 3 aliphatic rings.